The van der Waals surface area contributed by atoms with Crippen molar-refractivity contribution in [3.63, 3.8) is 0 Å². The monoisotopic (exact) mass is 256 g/mol. The van der Waals surface area contributed by atoms with Crippen molar-refractivity contribution in [3.05, 3.63) is 29.3 Å². The first-order chi connectivity index (χ1) is 8.00. The van der Waals surface area contributed by atoms with E-state index in [1.54, 1.807) is 19.1 Å². The van der Waals surface area contributed by atoms with Gasteiger partial charge in [0.05, 0.1) is 17.6 Å². The molecule has 1 aromatic carbocycles. The number of hydrogen-bond acceptors (Lipinski definition) is 3. The lowest BCUT2D eigenvalue weighted by molar-refractivity contribution is -0.122. The number of ether oxygens (including phenoxy) is 1. The van der Waals surface area contributed by atoms with Crippen molar-refractivity contribution >= 4 is 17.5 Å². The Hall–Kier alpha value is -1.26. The Bertz CT molecular complexity index is 383. The number of rotatable bonds is 5. The van der Waals surface area contributed by atoms with Crippen molar-refractivity contribution in [2.45, 2.75) is 26.0 Å². The molecule has 1 unspecified atom stereocenters. The fraction of sp³-hybridized carbons (Fsp3) is 0.417. The number of nitrogens with one attached hydrogen (secondary N) is 1. The van der Waals surface area contributed by atoms with E-state index in [9.17, 15) is 4.79 Å². The van der Waals surface area contributed by atoms with Crippen molar-refractivity contribution in [1.29, 1.82) is 0 Å². The quantitative estimate of drug-likeness (QED) is 0.841. The zero-order valence-corrected chi connectivity index (χ0v) is 10.7. The van der Waals surface area contributed by atoms with E-state index in [2.05, 4.69) is 5.32 Å². The minimum Gasteiger partial charge on any atom is -0.487 e. The van der Waals surface area contributed by atoms with E-state index in [1.165, 1.54) is 0 Å². The topological polar surface area (TPSA) is 64.4 Å². The van der Waals surface area contributed by atoms with Crippen LogP contribution in [0.2, 0.25) is 5.02 Å². The maximum absolute atomic E-state index is 11.2. The number of para-hydroxylation sites is 1. The summed E-state index contributed by atoms with van der Waals surface area (Å²) < 4.78 is 5.59. The maximum atomic E-state index is 11.2. The molecule has 0 aliphatic carbocycles. The van der Waals surface area contributed by atoms with Gasteiger partial charge in [-0.25, -0.2) is 0 Å². The molecule has 0 bridgehead atoms. The minimum atomic E-state index is -0.512. The average Bonchev–Trinajstić information content (AvgIpc) is 2.29. The normalized spacial score (nSPS) is 13.9. The van der Waals surface area contributed by atoms with Crippen molar-refractivity contribution in [3.8, 4) is 5.75 Å². The van der Waals surface area contributed by atoms with Gasteiger partial charge in [-0.1, -0.05) is 23.7 Å². The van der Waals surface area contributed by atoms with Crippen molar-refractivity contribution in [1.82, 2.24) is 5.32 Å². The lowest BCUT2D eigenvalue weighted by Crippen LogP contribution is -2.42. The van der Waals surface area contributed by atoms with Crippen LogP contribution in [0.25, 0.3) is 0 Å². The van der Waals surface area contributed by atoms with E-state index < -0.39 is 6.04 Å². The fourth-order valence-corrected chi connectivity index (χ4v) is 1.38. The molecule has 4 nitrogen and oxygen atoms in total. The van der Waals surface area contributed by atoms with E-state index in [1.807, 2.05) is 19.1 Å². The summed E-state index contributed by atoms with van der Waals surface area (Å²) in [6.45, 7) is 3.88. The smallest absolute Gasteiger partial charge is 0.236 e. The molecular weight excluding hydrogens is 240 g/mol. The Labute approximate surface area is 106 Å². The number of carbonyl (C=O) groups excluding carboxylic acids is 1. The first-order valence-corrected chi connectivity index (χ1v) is 5.83. The molecule has 17 heavy (non-hydrogen) atoms. The van der Waals surface area contributed by atoms with Gasteiger partial charge in [-0.05, 0) is 26.0 Å². The third kappa shape index (κ3) is 4.63. The van der Waals surface area contributed by atoms with Crippen LogP contribution in [0.3, 0.4) is 0 Å². The molecule has 1 aromatic rings. The highest BCUT2D eigenvalue weighted by atomic mass is 35.5. The Morgan fingerprint density at radius 2 is 2.12 bits per heavy atom. The predicted molar refractivity (Wildman–Crippen MR) is 68.2 cm³/mol. The van der Waals surface area contributed by atoms with Gasteiger partial charge in [0.1, 0.15) is 11.9 Å². The summed E-state index contributed by atoms with van der Waals surface area (Å²) in [6.07, 6.45) is -0.169. The Morgan fingerprint density at radius 1 is 1.47 bits per heavy atom. The molecule has 0 aliphatic heterocycles. The third-order valence-corrected chi connectivity index (χ3v) is 2.45. The molecule has 2 atom stereocenters. The van der Waals surface area contributed by atoms with Gasteiger partial charge in [0.25, 0.3) is 0 Å². The molecule has 0 aliphatic rings. The molecule has 94 valence electrons. The van der Waals surface area contributed by atoms with Crippen LogP contribution in [0, 0.1) is 0 Å². The second-order valence-corrected chi connectivity index (χ2v) is 4.30. The molecule has 0 fully saturated rings. The summed E-state index contributed by atoms with van der Waals surface area (Å²) in [5, 5.41) is 3.24. The third-order valence-electron chi connectivity index (χ3n) is 2.14. The van der Waals surface area contributed by atoms with Gasteiger partial charge in [-0.3, -0.25) is 4.79 Å². The lowest BCUT2D eigenvalue weighted by Gasteiger charge is -2.17. The zero-order valence-electron chi connectivity index (χ0n) is 9.94. The van der Waals surface area contributed by atoms with Crippen LogP contribution in [-0.2, 0) is 4.79 Å². The number of nitrogens with two attached hydrogens (primary N) is 1. The standard InChI is InChI=1S/C12H17ClN2O2/c1-8(7-15-12(16)9(2)14)17-11-6-4-3-5-10(11)13/h3-6,8-9H,7,14H2,1-2H3,(H,15,16)/t8?,9-/m1/s1. The van der Waals surface area contributed by atoms with Crippen molar-refractivity contribution in [2.75, 3.05) is 6.54 Å². The van der Waals surface area contributed by atoms with Crippen molar-refractivity contribution < 1.29 is 9.53 Å². The molecule has 0 radical (unpaired) electrons. The van der Waals surface area contributed by atoms with Crippen LogP contribution in [0.15, 0.2) is 24.3 Å². The van der Waals surface area contributed by atoms with E-state index in [4.69, 9.17) is 22.1 Å². The summed E-state index contributed by atoms with van der Waals surface area (Å²) >= 11 is 5.95. The highest BCUT2D eigenvalue weighted by Gasteiger charge is 2.10. The summed E-state index contributed by atoms with van der Waals surface area (Å²) in [4.78, 5) is 11.2. The number of carbonyl (C=O) groups is 1. The van der Waals surface area contributed by atoms with Gasteiger partial charge in [0.15, 0.2) is 0 Å². The van der Waals surface area contributed by atoms with Gasteiger partial charge >= 0.3 is 0 Å². The van der Waals surface area contributed by atoms with E-state index in [0.29, 0.717) is 17.3 Å². The fourth-order valence-electron chi connectivity index (χ4n) is 1.20. The molecule has 0 heterocycles. The van der Waals surface area contributed by atoms with Crippen LogP contribution in [0.1, 0.15) is 13.8 Å². The largest absolute Gasteiger partial charge is 0.487 e. The predicted octanol–water partition coefficient (Wildman–Crippen LogP) is 1.57. The molecule has 0 saturated carbocycles. The Morgan fingerprint density at radius 3 is 2.71 bits per heavy atom. The number of amides is 1. The summed E-state index contributed by atoms with van der Waals surface area (Å²) in [5.74, 6) is 0.413. The number of hydrogen-bond donors (Lipinski definition) is 2. The minimum absolute atomic E-state index is 0.169. The SMILES string of the molecule is CC(CNC(=O)[C@@H](C)N)Oc1ccccc1Cl. The maximum Gasteiger partial charge on any atom is 0.236 e. The van der Waals surface area contributed by atoms with Crippen LogP contribution >= 0.6 is 11.6 Å². The van der Waals surface area contributed by atoms with Crippen molar-refractivity contribution in [2.24, 2.45) is 5.73 Å². The van der Waals surface area contributed by atoms with Gasteiger partial charge in [0, 0.05) is 0 Å². The van der Waals surface area contributed by atoms with Crippen LogP contribution in [0.5, 0.6) is 5.75 Å². The molecule has 0 aromatic heterocycles. The van der Waals surface area contributed by atoms with Gasteiger partial charge in [-0.15, -0.1) is 0 Å². The molecule has 3 N–H and O–H groups in total. The Balaban J connectivity index is 2.43. The summed E-state index contributed by atoms with van der Waals surface area (Å²) in [6, 6.07) is 6.70. The summed E-state index contributed by atoms with van der Waals surface area (Å²) in [5.41, 5.74) is 5.42. The van der Waals surface area contributed by atoms with E-state index in [0.717, 1.165) is 0 Å². The molecule has 5 heteroatoms. The summed E-state index contributed by atoms with van der Waals surface area (Å²) in [7, 11) is 0. The lowest BCUT2D eigenvalue weighted by atomic mass is 10.3. The average molecular weight is 257 g/mol. The molecule has 0 saturated heterocycles. The highest BCUT2D eigenvalue weighted by Crippen LogP contribution is 2.23. The van der Waals surface area contributed by atoms with Gasteiger partial charge < -0.3 is 15.8 Å². The van der Waals surface area contributed by atoms with Crippen LogP contribution in [0.4, 0.5) is 0 Å². The zero-order chi connectivity index (χ0) is 12.8. The molecule has 1 amide bonds. The molecule has 0 spiro atoms. The molecule has 1 rings (SSSR count). The highest BCUT2D eigenvalue weighted by molar-refractivity contribution is 6.32. The first-order valence-electron chi connectivity index (χ1n) is 5.45. The number of benzene rings is 1. The second kappa shape index (κ2) is 6.47. The van der Waals surface area contributed by atoms with Gasteiger partial charge in [-0.2, -0.15) is 0 Å². The van der Waals surface area contributed by atoms with Gasteiger partial charge in [0.2, 0.25) is 5.91 Å². The molecular formula is C12H17ClN2O2. The van der Waals surface area contributed by atoms with E-state index >= 15 is 0 Å². The Kier molecular flexibility index (Phi) is 5.25. The van der Waals surface area contributed by atoms with Crippen LogP contribution < -0.4 is 15.8 Å². The number of halogens is 1. The second-order valence-electron chi connectivity index (χ2n) is 3.89. The first kappa shape index (κ1) is 13.8. The van der Waals surface area contributed by atoms with E-state index in [-0.39, 0.29) is 12.0 Å². The van der Waals surface area contributed by atoms with Crippen LogP contribution in [-0.4, -0.2) is 24.6 Å².